The second kappa shape index (κ2) is 10.8. The number of nitrogens with zero attached hydrogens (tertiary/aromatic N) is 4. The van der Waals surface area contributed by atoms with Crippen molar-refractivity contribution in [2.24, 2.45) is 0 Å². The number of nitrogens with one attached hydrogen (secondary N) is 2. The van der Waals surface area contributed by atoms with Crippen LogP contribution in [0.25, 0.3) is 5.82 Å². The average Bonchev–Trinajstić information content (AvgIpc) is 3.39. The second-order valence-corrected chi connectivity index (χ2v) is 10.2. The highest BCUT2D eigenvalue weighted by molar-refractivity contribution is 7.80. The van der Waals surface area contributed by atoms with Gasteiger partial charge in [0.15, 0.2) is 5.11 Å². The molecule has 0 spiro atoms. The minimum absolute atomic E-state index is 0.0500. The summed E-state index contributed by atoms with van der Waals surface area (Å²) in [6.07, 6.45) is 3.99. The summed E-state index contributed by atoms with van der Waals surface area (Å²) >= 11 is 5.82. The van der Waals surface area contributed by atoms with E-state index in [4.69, 9.17) is 12.2 Å². The maximum absolute atomic E-state index is 12.9. The van der Waals surface area contributed by atoms with Gasteiger partial charge < -0.3 is 20.1 Å². The predicted molar refractivity (Wildman–Crippen MR) is 154 cm³/mol. The summed E-state index contributed by atoms with van der Waals surface area (Å²) in [6.45, 7) is 8.74. The van der Waals surface area contributed by atoms with Gasteiger partial charge in [-0.15, -0.1) is 0 Å². The molecule has 1 fully saturated rings. The van der Waals surface area contributed by atoms with Crippen molar-refractivity contribution in [2.75, 3.05) is 11.9 Å². The highest BCUT2D eigenvalue weighted by atomic mass is 32.1. The van der Waals surface area contributed by atoms with E-state index in [1.807, 2.05) is 68.6 Å². The number of pyridine rings is 2. The van der Waals surface area contributed by atoms with Crippen molar-refractivity contribution < 1.29 is 4.79 Å². The molecule has 0 bridgehead atoms. The molecule has 3 aromatic heterocycles. The summed E-state index contributed by atoms with van der Waals surface area (Å²) in [4.78, 5) is 24.3. The van der Waals surface area contributed by atoms with Crippen LogP contribution in [0.4, 0.5) is 5.69 Å². The van der Waals surface area contributed by atoms with Crippen LogP contribution in [0.1, 0.15) is 52.3 Å². The van der Waals surface area contributed by atoms with Crippen LogP contribution in [0.3, 0.4) is 0 Å². The van der Waals surface area contributed by atoms with E-state index in [0.717, 1.165) is 45.3 Å². The summed E-state index contributed by atoms with van der Waals surface area (Å²) in [5, 5.41) is 7.11. The third-order valence-electron chi connectivity index (χ3n) is 7.03. The molecule has 8 heteroatoms. The minimum Gasteiger partial charge on any atom is -0.352 e. The van der Waals surface area contributed by atoms with Crippen molar-refractivity contribution in [1.29, 1.82) is 0 Å². The molecule has 0 saturated carbocycles. The van der Waals surface area contributed by atoms with Crippen molar-refractivity contribution in [3.63, 3.8) is 0 Å². The van der Waals surface area contributed by atoms with Gasteiger partial charge in [-0.25, -0.2) is 4.98 Å². The van der Waals surface area contributed by atoms with E-state index < -0.39 is 0 Å². The lowest BCUT2D eigenvalue weighted by Gasteiger charge is -2.28. The predicted octanol–water partition coefficient (Wildman–Crippen LogP) is 5.50. The van der Waals surface area contributed by atoms with E-state index in [-0.39, 0.29) is 18.0 Å². The summed E-state index contributed by atoms with van der Waals surface area (Å²) in [7, 11) is 0. The fraction of sp³-hybridized carbons (Fsp3) is 0.267. The van der Waals surface area contributed by atoms with E-state index >= 15 is 0 Å². The second-order valence-electron chi connectivity index (χ2n) is 9.84. The van der Waals surface area contributed by atoms with Crippen LogP contribution in [-0.2, 0) is 4.79 Å². The Hall–Kier alpha value is -4.04. The molecular formula is C30H32N6OS. The molecule has 4 aromatic rings. The van der Waals surface area contributed by atoms with Gasteiger partial charge in [0.1, 0.15) is 5.82 Å². The molecule has 4 heterocycles. The fourth-order valence-electron chi connectivity index (χ4n) is 5.10. The first-order valence-electron chi connectivity index (χ1n) is 12.8. The smallest absolute Gasteiger partial charge is 0.226 e. The minimum atomic E-state index is -0.149. The largest absolute Gasteiger partial charge is 0.352 e. The topological polar surface area (TPSA) is 75.1 Å². The Bertz CT molecular complexity index is 1450. The average molecular weight is 525 g/mol. The monoisotopic (exact) mass is 524 g/mol. The normalized spacial score (nSPS) is 16.9. The van der Waals surface area contributed by atoms with Gasteiger partial charge in [-0.05, 0) is 87.4 Å². The van der Waals surface area contributed by atoms with E-state index in [0.29, 0.717) is 18.1 Å². The van der Waals surface area contributed by atoms with E-state index in [9.17, 15) is 4.79 Å². The van der Waals surface area contributed by atoms with Crippen molar-refractivity contribution in [2.45, 2.75) is 46.2 Å². The Morgan fingerprint density at radius 1 is 1.00 bits per heavy atom. The third-order valence-corrected chi connectivity index (χ3v) is 7.38. The van der Waals surface area contributed by atoms with Crippen LogP contribution < -0.4 is 10.6 Å². The van der Waals surface area contributed by atoms with Gasteiger partial charge in [0.2, 0.25) is 5.91 Å². The number of carbonyl (C=O) groups is 1. The number of hydrogen-bond acceptors (Lipinski definition) is 4. The summed E-state index contributed by atoms with van der Waals surface area (Å²) in [5.74, 6) is 0.829. The van der Waals surface area contributed by atoms with Crippen LogP contribution in [0.5, 0.6) is 0 Å². The molecule has 1 aliphatic rings. The zero-order valence-electron chi connectivity index (χ0n) is 22.1. The summed E-state index contributed by atoms with van der Waals surface area (Å²) < 4.78 is 2.17. The van der Waals surface area contributed by atoms with Gasteiger partial charge in [-0.2, -0.15) is 0 Å². The fourth-order valence-corrected chi connectivity index (χ4v) is 5.43. The molecule has 2 N–H and O–H groups in total. The molecule has 2 atom stereocenters. The molecule has 1 saturated heterocycles. The number of aromatic nitrogens is 3. The molecule has 0 radical (unpaired) electrons. The van der Waals surface area contributed by atoms with Gasteiger partial charge in [0, 0.05) is 42.4 Å². The van der Waals surface area contributed by atoms with Crippen molar-refractivity contribution >= 4 is 28.9 Å². The van der Waals surface area contributed by atoms with Crippen LogP contribution in [0, 0.1) is 27.7 Å². The zero-order valence-corrected chi connectivity index (χ0v) is 22.9. The molecule has 0 aliphatic carbocycles. The summed E-state index contributed by atoms with van der Waals surface area (Å²) in [5.41, 5.74) is 7.27. The Morgan fingerprint density at radius 3 is 2.45 bits per heavy atom. The Balaban J connectivity index is 1.46. The maximum atomic E-state index is 12.9. The highest BCUT2D eigenvalue weighted by Gasteiger charge is 2.41. The molecular weight excluding hydrogens is 492 g/mol. The number of aryl methyl sites for hydroxylation is 3. The summed E-state index contributed by atoms with van der Waals surface area (Å²) in [6, 6.07) is 19.8. The first-order valence-corrected chi connectivity index (χ1v) is 13.2. The number of thiocarbonyl (C=S) groups is 1. The molecule has 7 nitrogen and oxygen atoms in total. The van der Waals surface area contributed by atoms with Gasteiger partial charge in [-0.1, -0.05) is 29.8 Å². The molecule has 38 heavy (non-hydrogen) atoms. The van der Waals surface area contributed by atoms with Crippen molar-refractivity contribution in [3.05, 3.63) is 107 Å². The number of anilines is 1. The first kappa shape index (κ1) is 25.6. The van der Waals surface area contributed by atoms with Crippen LogP contribution in [0.15, 0.2) is 73.1 Å². The Kier molecular flexibility index (Phi) is 7.24. The number of benzene rings is 1. The third kappa shape index (κ3) is 5.17. The van der Waals surface area contributed by atoms with Gasteiger partial charge >= 0.3 is 0 Å². The number of hydrogen-bond donors (Lipinski definition) is 2. The number of rotatable bonds is 7. The Labute approximate surface area is 228 Å². The Morgan fingerprint density at radius 2 is 1.76 bits per heavy atom. The first-order chi connectivity index (χ1) is 18.3. The molecule has 1 aliphatic heterocycles. The van der Waals surface area contributed by atoms with Crippen LogP contribution >= 0.6 is 12.2 Å². The van der Waals surface area contributed by atoms with E-state index in [1.54, 1.807) is 6.20 Å². The van der Waals surface area contributed by atoms with Gasteiger partial charge in [-0.3, -0.25) is 9.78 Å². The molecule has 194 valence electrons. The zero-order chi connectivity index (χ0) is 26.8. The molecule has 1 amide bonds. The molecule has 5 rings (SSSR count). The van der Waals surface area contributed by atoms with Crippen LogP contribution in [-0.4, -0.2) is 37.0 Å². The van der Waals surface area contributed by atoms with Crippen LogP contribution in [0.2, 0.25) is 0 Å². The van der Waals surface area contributed by atoms with Gasteiger partial charge in [0.05, 0.1) is 17.8 Å². The van der Waals surface area contributed by atoms with Crippen molar-refractivity contribution in [3.8, 4) is 5.82 Å². The lowest BCUT2D eigenvalue weighted by atomic mass is 9.96. The maximum Gasteiger partial charge on any atom is 0.226 e. The lowest BCUT2D eigenvalue weighted by molar-refractivity contribution is -0.116. The van der Waals surface area contributed by atoms with E-state index in [1.165, 1.54) is 0 Å². The number of carbonyl (C=O) groups excluding carboxylic acids is 1. The van der Waals surface area contributed by atoms with Crippen molar-refractivity contribution in [1.82, 2.24) is 24.8 Å². The quantitative estimate of drug-likeness (QED) is 0.311. The van der Waals surface area contributed by atoms with E-state index in [2.05, 4.69) is 56.0 Å². The SMILES string of the molecule is Cc1ccc(NC(=O)CCN2C(=S)N[C@@H](c3ccccn3)[C@@H]2c2cc(C)n(-c3ccc(C)cn3)c2C)cc1. The molecule has 0 unspecified atom stereocenters. The molecule has 1 aromatic carbocycles. The lowest BCUT2D eigenvalue weighted by Crippen LogP contribution is -2.32. The highest BCUT2D eigenvalue weighted by Crippen LogP contribution is 2.41. The van der Waals surface area contributed by atoms with Gasteiger partial charge in [0.25, 0.3) is 0 Å². The number of amides is 1. The standard InChI is InChI=1S/C30H32N6OS/c1-19-8-11-23(12-9-19)33-27(37)14-16-35-29(28(34-30(35)38)25-7-5-6-15-31-25)24-17-21(3)36(22(24)4)26-13-10-20(2)18-32-26/h5-13,15,17-18,28-29H,14,16H2,1-4H3,(H,33,37)(H,34,38)/t28-,29-/m0/s1.